The van der Waals surface area contributed by atoms with Crippen LogP contribution in [0.2, 0.25) is 0 Å². The highest BCUT2D eigenvalue weighted by Gasteiger charge is 2.23. The standard InChI is InChI=1S/C7H9N3O4/c1-3-14-6(11)5-4-8-7(9(5)2)10(12)13/h4H,3H2,1-2H3. The minimum Gasteiger partial charge on any atom is -0.460 e. The Labute approximate surface area is 79.5 Å². The van der Waals surface area contributed by atoms with Crippen LogP contribution in [0.5, 0.6) is 0 Å². The van der Waals surface area contributed by atoms with Crippen molar-refractivity contribution in [1.29, 1.82) is 0 Å². The lowest BCUT2D eigenvalue weighted by Gasteiger charge is -1.99. The Kier molecular flexibility index (Phi) is 2.80. The maximum Gasteiger partial charge on any atom is 0.435 e. The van der Waals surface area contributed by atoms with Crippen molar-refractivity contribution in [2.75, 3.05) is 6.61 Å². The summed E-state index contributed by atoms with van der Waals surface area (Å²) in [5, 5.41) is 10.4. The topological polar surface area (TPSA) is 87.3 Å². The first-order valence-electron chi connectivity index (χ1n) is 3.91. The van der Waals surface area contributed by atoms with Crippen LogP contribution in [0.25, 0.3) is 0 Å². The van der Waals surface area contributed by atoms with E-state index < -0.39 is 10.9 Å². The number of aromatic nitrogens is 2. The second-order valence-corrected chi connectivity index (χ2v) is 2.48. The van der Waals surface area contributed by atoms with Gasteiger partial charge in [-0.2, -0.15) is 0 Å². The molecule has 7 heteroatoms. The van der Waals surface area contributed by atoms with Crippen LogP contribution in [0.4, 0.5) is 5.95 Å². The van der Waals surface area contributed by atoms with E-state index in [-0.39, 0.29) is 18.2 Å². The molecule has 0 aliphatic heterocycles. The van der Waals surface area contributed by atoms with Crippen LogP contribution in [-0.2, 0) is 11.8 Å². The Morgan fingerprint density at radius 1 is 1.79 bits per heavy atom. The predicted molar refractivity (Wildman–Crippen MR) is 45.8 cm³/mol. The number of hydrogen-bond donors (Lipinski definition) is 0. The number of imidazole rings is 1. The number of ether oxygens (including phenoxy) is 1. The highest BCUT2D eigenvalue weighted by Crippen LogP contribution is 2.11. The number of carbonyl (C=O) groups excluding carboxylic acids is 1. The van der Waals surface area contributed by atoms with Crippen molar-refractivity contribution >= 4 is 11.9 Å². The maximum absolute atomic E-state index is 11.2. The van der Waals surface area contributed by atoms with Gasteiger partial charge in [-0.15, -0.1) is 0 Å². The third-order valence-corrected chi connectivity index (χ3v) is 1.61. The average Bonchev–Trinajstić information content (AvgIpc) is 2.47. The third-order valence-electron chi connectivity index (χ3n) is 1.61. The molecule has 76 valence electrons. The number of esters is 1. The molecule has 0 saturated carbocycles. The summed E-state index contributed by atoms with van der Waals surface area (Å²) in [7, 11) is 1.39. The van der Waals surface area contributed by atoms with E-state index in [1.54, 1.807) is 6.92 Å². The fourth-order valence-electron chi connectivity index (χ4n) is 0.964. The van der Waals surface area contributed by atoms with E-state index in [0.717, 1.165) is 10.8 Å². The van der Waals surface area contributed by atoms with Gasteiger partial charge < -0.3 is 14.9 Å². The molecule has 0 unspecified atom stereocenters. The van der Waals surface area contributed by atoms with Crippen molar-refractivity contribution in [3.63, 3.8) is 0 Å². The van der Waals surface area contributed by atoms with Crippen LogP contribution >= 0.6 is 0 Å². The second-order valence-electron chi connectivity index (χ2n) is 2.48. The number of nitrogens with zero attached hydrogens (tertiary/aromatic N) is 3. The van der Waals surface area contributed by atoms with Gasteiger partial charge in [0.15, 0.2) is 6.20 Å². The average molecular weight is 199 g/mol. The first-order valence-corrected chi connectivity index (χ1v) is 3.91. The zero-order valence-electron chi connectivity index (χ0n) is 7.76. The van der Waals surface area contributed by atoms with Crippen LogP contribution in [0.15, 0.2) is 6.20 Å². The number of hydrogen-bond acceptors (Lipinski definition) is 5. The molecule has 1 aromatic rings. The van der Waals surface area contributed by atoms with Gasteiger partial charge >= 0.3 is 11.9 Å². The van der Waals surface area contributed by atoms with Crippen molar-refractivity contribution in [1.82, 2.24) is 9.55 Å². The fourth-order valence-corrected chi connectivity index (χ4v) is 0.964. The molecule has 7 nitrogen and oxygen atoms in total. The lowest BCUT2D eigenvalue weighted by atomic mass is 10.5. The summed E-state index contributed by atoms with van der Waals surface area (Å²) in [6, 6.07) is 0. The van der Waals surface area contributed by atoms with Gasteiger partial charge in [0.25, 0.3) is 0 Å². The summed E-state index contributed by atoms with van der Waals surface area (Å²) in [4.78, 5) is 24.4. The zero-order valence-corrected chi connectivity index (χ0v) is 7.76. The van der Waals surface area contributed by atoms with E-state index in [9.17, 15) is 14.9 Å². The molecule has 0 amide bonds. The Balaban J connectivity index is 3.00. The van der Waals surface area contributed by atoms with E-state index >= 15 is 0 Å². The monoisotopic (exact) mass is 199 g/mol. The largest absolute Gasteiger partial charge is 0.460 e. The first kappa shape index (κ1) is 10.2. The molecule has 0 saturated heterocycles. The summed E-state index contributed by atoms with van der Waals surface area (Å²) >= 11 is 0. The molecule has 0 aromatic carbocycles. The molecule has 0 spiro atoms. The van der Waals surface area contributed by atoms with Gasteiger partial charge in [0.2, 0.25) is 5.69 Å². The number of carbonyl (C=O) groups is 1. The van der Waals surface area contributed by atoms with Crippen LogP contribution < -0.4 is 0 Å². The maximum atomic E-state index is 11.2. The molecule has 0 atom stereocenters. The SMILES string of the molecule is CCOC(=O)c1cnc([N+](=O)[O-])n1C. The van der Waals surface area contributed by atoms with E-state index in [2.05, 4.69) is 9.72 Å². The van der Waals surface area contributed by atoms with Gasteiger partial charge in [-0.05, 0) is 11.8 Å². The van der Waals surface area contributed by atoms with Crippen molar-refractivity contribution in [2.45, 2.75) is 6.92 Å². The smallest absolute Gasteiger partial charge is 0.435 e. The molecule has 14 heavy (non-hydrogen) atoms. The van der Waals surface area contributed by atoms with Crippen LogP contribution in [-0.4, -0.2) is 27.1 Å². The van der Waals surface area contributed by atoms with Crippen molar-refractivity contribution in [3.05, 3.63) is 22.0 Å². The second kappa shape index (κ2) is 3.86. The van der Waals surface area contributed by atoms with Crippen molar-refractivity contribution in [2.24, 2.45) is 7.05 Å². The van der Waals surface area contributed by atoms with Gasteiger partial charge in [0.1, 0.15) is 0 Å². The highest BCUT2D eigenvalue weighted by molar-refractivity contribution is 5.87. The molecule has 1 heterocycles. The molecule has 0 bridgehead atoms. The third kappa shape index (κ3) is 1.70. The van der Waals surface area contributed by atoms with Crippen LogP contribution in [0, 0.1) is 10.1 Å². The summed E-state index contributed by atoms with van der Waals surface area (Å²) < 4.78 is 5.76. The molecule has 1 aromatic heterocycles. The minimum atomic E-state index is -0.664. The summed E-state index contributed by atoms with van der Waals surface area (Å²) in [5.74, 6) is -0.997. The summed E-state index contributed by atoms with van der Waals surface area (Å²) in [6.07, 6.45) is 1.12. The Morgan fingerprint density at radius 3 is 2.86 bits per heavy atom. The minimum absolute atomic E-state index is 0.0681. The molecule has 0 aliphatic carbocycles. The number of rotatable bonds is 3. The molecule has 0 radical (unpaired) electrons. The van der Waals surface area contributed by atoms with E-state index in [4.69, 9.17) is 0 Å². The summed E-state index contributed by atoms with van der Waals surface area (Å²) in [6.45, 7) is 1.88. The van der Waals surface area contributed by atoms with Gasteiger partial charge in [0, 0.05) is 0 Å². The predicted octanol–water partition coefficient (Wildman–Crippen LogP) is 0.505. The zero-order chi connectivity index (χ0) is 10.7. The molecular weight excluding hydrogens is 190 g/mol. The van der Waals surface area contributed by atoms with Gasteiger partial charge in [0.05, 0.1) is 13.7 Å². The van der Waals surface area contributed by atoms with Crippen LogP contribution in [0.3, 0.4) is 0 Å². The molecule has 1 rings (SSSR count). The van der Waals surface area contributed by atoms with Crippen molar-refractivity contribution < 1.29 is 14.5 Å². The first-order chi connectivity index (χ1) is 6.57. The lowest BCUT2D eigenvalue weighted by molar-refractivity contribution is -0.396. The molecule has 0 N–H and O–H groups in total. The van der Waals surface area contributed by atoms with E-state index in [1.807, 2.05) is 0 Å². The quantitative estimate of drug-likeness (QED) is 0.402. The molecule has 0 fully saturated rings. The summed E-state index contributed by atoms with van der Waals surface area (Å²) in [5.41, 5.74) is 0.0681. The van der Waals surface area contributed by atoms with Crippen molar-refractivity contribution in [3.8, 4) is 0 Å². The highest BCUT2D eigenvalue weighted by atomic mass is 16.6. The Bertz CT molecular complexity index is 371. The van der Waals surface area contributed by atoms with Gasteiger partial charge in [-0.1, -0.05) is 4.98 Å². The normalized spacial score (nSPS) is 9.86. The van der Waals surface area contributed by atoms with E-state index in [0.29, 0.717) is 0 Å². The van der Waals surface area contributed by atoms with E-state index in [1.165, 1.54) is 7.05 Å². The van der Waals surface area contributed by atoms with Crippen LogP contribution in [0.1, 0.15) is 17.4 Å². The Hall–Kier alpha value is -1.92. The van der Waals surface area contributed by atoms with Gasteiger partial charge in [-0.25, -0.2) is 9.36 Å². The Morgan fingerprint density at radius 2 is 2.43 bits per heavy atom. The van der Waals surface area contributed by atoms with Gasteiger partial charge in [-0.3, -0.25) is 0 Å². The fraction of sp³-hybridized carbons (Fsp3) is 0.429. The lowest BCUT2D eigenvalue weighted by Crippen LogP contribution is -2.10. The molecular formula is C7H9N3O4. The number of nitro groups is 1. The molecule has 0 aliphatic rings.